The molecule has 1 saturated heterocycles. The average molecular weight is 459 g/mol. The first kappa shape index (κ1) is 21.3. The number of hydrogen-bond acceptors (Lipinski definition) is 7. The van der Waals surface area contributed by atoms with Crippen LogP contribution in [0.5, 0.6) is 0 Å². The van der Waals surface area contributed by atoms with Gasteiger partial charge >= 0.3 is 0 Å². The van der Waals surface area contributed by atoms with Crippen molar-refractivity contribution in [2.24, 2.45) is 0 Å². The molecule has 4 rings (SSSR count). The minimum Gasteiger partial charge on any atom is -0.335 e. The molecule has 31 heavy (non-hydrogen) atoms. The first-order chi connectivity index (χ1) is 14.9. The van der Waals surface area contributed by atoms with Crippen LogP contribution in [-0.4, -0.2) is 52.3 Å². The van der Waals surface area contributed by atoms with Crippen LogP contribution in [0, 0.1) is 0 Å². The van der Waals surface area contributed by atoms with Crippen LogP contribution >= 0.6 is 11.8 Å². The Labute approximate surface area is 184 Å². The Morgan fingerprint density at radius 3 is 2.39 bits per heavy atom. The van der Waals surface area contributed by atoms with Crippen LogP contribution in [0.25, 0.3) is 11.4 Å². The summed E-state index contributed by atoms with van der Waals surface area (Å²) in [5.74, 6) is 6.40. The van der Waals surface area contributed by atoms with E-state index in [1.54, 1.807) is 12.1 Å². The first-order valence-corrected chi connectivity index (χ1v) is 12.2. The number of sulfonamides is 1. The van der Waals surface area contributed by atoms with Crippen molar-refractivity contribution in [3.05, 3.63) is 54.6 Å². The minimum absolute atomic E-state index is 0.0813. The zero-order valence-corrected chi connectivity index (χ0v) is 18.3. The van der Waals surface area contributed by atoms with Gasteiger partial charge in [-0.15, -0.1) is 10.2 Å². The van der Waals surface area contributed by atoms with Crippen LogP contribution in [0.1, 0.15) is 12.8 Å². The van der Waals surface area contributed by atoms with E-state index in [9.17, 15) is 13.2 Å². The maximum atomic E-state index is 12.6. The van der Waals surface area contributed by atoms with Gasteiger partial charge < -0.3 is 11.2 Å². The molecule has 2 aromatic carbocycles. The van der Waals surface area contributed by atoms with Crippen molar-refractivity contribution in [1.82, 2.24) is 19.2 Å². The summed E-state index contributed by atoms with van der Waals surface area (Å²) in [5, 5.41) is 11.3. The number of carbonyl (C=O) groups excluding carboxylic acids is 1. The van der Waals surface area contributed by atoms with Gasteiger partial charge in [-0.05, 0) is 37.1 Å². The van der Waals surface area contributed by atoms with E-state index in [0.29, 0.717) is 29.8 Å². The fourth-order valence-corrected chi connectivity index (χ4v) is 5.45. The molecule has 0 radical (unpaired) electrons. The monoisotopic (exact) mass is 458 g/mol. The molecule has 0 atom stereocenters. The Kier molecular flexibility index (Phi) is 6.25. The van der Waals surface area contributed by atoms with Crippen LogP contribution in [0.3, 0.4) is 0 Å². The van der Waals surface area contributed by atoms with E-state index in [2.05, 4.69) is 15.5 Å². The van der Waals surface area contributed by atoms with Crippen LogP contribution < -0.4 is 11.2 Å². The van der Waals surface area contributed by atoms with Crippen LogP contribution in [0.4, 0.5) is 5.69 Å². The Hall–Kier alpha value is -2.89. The third kappa shape index (κ3) is 4.73. The van der Waals surface area contributed by atoms with Crippen LogP contribution in [-0.2, 0) is 14.8 Å². The molecule has 1 aliphatic heterocycles. The topological polar surface area (TPSA) is 123 Å². The molecule has 2 heterocycles. The summed E-state index contributed by atoms with van der Waals surface area (Å²) >= 11 is 1.16. The van der Waals surface area contributed by atoms with Crippen molar-refractivity contribution in [2.75, 3.05) is 30.0 Å². The van der Waals surface area contributed by atoms with Gasteiger partial charge in [-0.1, -0.05) is 42.1 Å². The smallest absolute Gasteiger partial charge is 0.243 e. The third-order valence-corrected chi connectivity index (χ3v) is 7.73. The van der Waals surface area contributed by atoms with E-state index in [1.807, 2.05) is 30.3 Å². The molecule has 162 valence electrons. The normalized spacial score (nSPS) is 14.6. The SMILES string of the molecule is Nn1c(SCC(=O)Nc2ccc(S(=O)(=O)N3CCCC3)cc2)nnc1-c1ccccc1. The molecule has 3 N–H and O–H groups in total. The fourth-order valence-electron chi connectivity index (χ4n) is 3.27. The lowest BCUT2D eigenvalue weighted by atomic mass is 10.2. The van der Waals surface area contributed by atoms with Gasteiger partial charge in [0.25, 0.3) is 0 Å². The Bertz CT molecular complexity index is 1160. The number of thioether (sulfide) groups is 1. The van der Waals surface area contributed by atoms with Crippen molar-refractivity contribution in [3.8, 4) is 11.4 Å². The highest BCUT2D eigenvalue weighted by molar-refractivity contribution is 7.99. The van der Waals surface area contributed by atoms with Gasteiger partial charge in [0.15, 0.2) is 5.82 Å². The van der Waals surface area contributed by atoms with Gasteiger partial charge in [0.2, 0.25) is 21.1 Å². The Morgan fingerprint density at radius 1 is 1.03 bits per heavy atom. The second kappa shape index (κ2) is 9.08. The number of nitrogens with one attached hydrogen (secondary N) is 1. The number of carbonyl (C=O) groups is 1. The number of amides is 1. The number of aromatic nitrogens is 3. The molecular formula is C20H22N6O3S2. The molecule has 0 bridgehead atoms. The molecule has 9 nitrogen and oxygen atoms in total. The molecule has 3 aromatic rings. The number of hydrogen-bond donors (Lipinski definition) is 2. The lowest BCUT2D eigenvalue weighted by molar-refractivity contribution is -0.113. The molecule has 1 fully saturated rings. The molecule has 0 aliphatic carbocycles. The van der Waals surface area contributed by atoms with Crippen LogP contribution in [0.15, 0.2) is 64.6 Å². The highest BCUT2D eigenvalue weighted by atomic mass is 32.2. The molecule has 11 heteroatoms. The fraction of sp³-hybridized carbons (Fsp3) is 0.250. The zero-order valence-electron chi connectivity index (χ0n) is 16.6. The number of nitrogen functional groups attached to an aromatic ring is 1. The van der Waals surface area contributed by atoms with Crippen molar-refractivity contribution in [1.29, 1.82) is 0 Å². The zero-order chi connectivity index (χ0) is 21.8. The predicted octanol–water partition coefficient (Wildman–Crippen LogP) is 2.17. The Balaban J connectivity index is 1.35. The van der Waals surface area contributed by atoms with Gasteiger partial charge in [0.05, 0.1) is 10.6 Å². The van der Waals surface area contributed by atoms with Gasteiger partial charge in [-0.3, -0.25) is 4.79 Å². The maximum Gasteiger partial charge on any atom is 0.243 e. The van der Waals surface area contributed by atoms with Crippen molar-refractivity contribution >= 4 is 33.4 Å². The summed E-state index contributed by atoms with van der Waals surface area (Å²) < 4.78 is 28.0. The lowest BCUT2D eigenvalue weighted by Gasteiger charge is -2.15. The average Bonchev–Trinajstić information content (AvgIpc) is 3.44. The van der Waals surface area contributed by atoms with Crippen LogP contribution in [0.2, 0.25) is 0 Å². The summed E-state index contributed by atoms with van der Waals surface area (Å²) in [6, 6.07) is 15.6. The second-order valence-electron chi connectivity index (χ2n) is 7.01. The quantitative estimate of drug-likeness (QED) is 0.411. The number of benzene rings is 2. The number of rotatable bonds is 7. The van der Waals surface area contributed by atoms with Gasteiger partial charge in [0.1, 0.15) is 0 Å². The minimum atomic E-state index is -3.47. The molecule has 0 unspecified atom stereocenters. The predicted molar refractivity (Wildman–Crippen MR) is 119 cm³/mol. The number of anilines is 1. The van der Waals surface area contributed by atoms with Crippen molar-refractivity contribution in [3.63, 3.8) is 0 Å². The summed E-state index contributed by atoms with van der Waals surface area (Å²) in [5.41, 5.74) is 1.35. The lowest BCUT2D eigenvalue weighted by Crippen LogP contribution is -2.27. The maximum absolute atomic E-state index is 12.6. The molecule has 1 aromatic heterocycles. The third-order valence-electron chi connectivity index (χ3n) is 4.87. The molecule has 1 aliphatic rings. The summed E-state index contributed by atoms with van der Waals surface area (Å²) in [6.07, 6.45) is 1.77. The van der Waals surface area contributed by atoms with E-state index in [0.717, 1.165) is 30.2 Å². The van der Waals surface area contributed by atoms with E-state index >= 15 is 0 Å². The van der Waals surface area contributed by atoms with Gasteiger partial charge in [-0.25, -0.2) is 13.1 Å². The highest BCUT2D eigenvalue weighted by Crippen LogP contribution is 2.23. The second-order valence-corrected chi connectivity index (χ2v) is 9.90. The van der Waals surface area contributed by atoms with E-state index in [4.69, 9.17) is 5.84 Å². The van der Waals surface area contributed by atoms with Gasteiger partial charge in [-0.2, -0.15) is 4.31 Å². The first-order valence-electron chi connectivity index (χ1n) is 9.74. The largest absolute Gasteiger partial charge is 0.335 e. The molecule has 1 amide bonds. The number of nitrogens with zero attached hydrogens (tertiary/aromatic N) is 4. The molecular weight excluding hydrogens is 436 g/mol. The number of nitrogens with two attached hydrogens (primary N) is 1. The van der Waals surface area contributed by atoms with Crippen molar-refractivity contribution in [2.45, 2.75) is 22.9 Å². The standard InChI is InChI=1S/C20H22N6O3S2/c21-26-19(15-6-2-1-3-7-15)23-24-20(26)30-14-18(27)22-16-8-10-17(11-9-16)31(28,29)25-12-4-5-13-25/h1-3,6-11H,4-5,12-14,21H2,(H,22,27). The van der Waals surface area contributed by atoms with Gasteiger partial charge in [0, 0.05) is 24.3 Å². The molecule has 0 saturated carbocycles. The van der Waals surface area contributed by atoms with Crippen molar-refractivity contribution < 1.29 is 13.2 Å². The van der Waals surface area contributed by atoms with E-state index in [1.165, 1.54) is 21.1 Å². The Morgan fingerprint density at radius 2 is 1.71 bits per heavy atom. The highest BCUT2D eigenvalue weighted by Gasteiger charge is 2.27. The summed E-state index contributed by atoms with van der Waals surface area (Å²) in [6.45, 7) is 1.10. The summed E-state index contributed by atoms with van der Waals surface area (Å²) in [7, 11) is -3.47. The van der Waals surface area contributed by atoms with E-state index in [-0.39, 0.29) is 16.6 Å². The molecule has 0 spiro atoms. The summed E-state index contributed by atoms with van der Waals surface area (Å²) in [4.78, 5) is 12.5. The van der Waals surface area contributed by atoms with E-state index < -0.39 is 10.0 Å².